The molecule has 0 bridgehead atoms. The third-order valence-electron chi connectivity index (χ3n) is 4.46. The fourth-order valence-electron chi connectivity index (χ4n) is 3.48. The molecule has 2 fully saturated rings. The Morgan fingerprint density at radius 1 is 1.10 bits per heavy atom. The van der Waals surface area contributed by atoms with Gasteiger partial charge in [0.1, 0.15) is 5.60 Å². The Hall–Kier alpha value is -0.770. The lowest BCUT2D eigenvalue weighted by Crippen LogP contribution is -2.50. The van der Waals surface area contributed by atoms with Crippen molar-refractivity contribution in [3.05, 3.63) is 0 Å². The number of ether oxygens (including phenoxy) is 1. The molecular formula is C16H29NO3. The third kappa shape index (κ3) is 4.11. The van der Waals surface area contributed by atoms with Crippen LogP contribution in [0.2, 0.25) is 0 Å². The maximum absolute atomic E-state index is 12.4. The first kappa shape index (κ1) is 15.6. The smallest absolute Gasteiger partial charge is 0.410 e. The standard InChI is InChI=1S/C16H29NO3/c1-16(2,3)20-15(19)17-11-5-4-6-14(17)12-7-9-13(18)10-8-12/h12-14,18H,4-11H2,1-3H3/t12?,13?,14-/m0/s1. The van der Waals surface area contributed by atoms with Gasteiger partial charge in [0.05, 0.1) is 6.10 Å². The predicted octanol–water partition coefficient (Wildman–Crippen LogP) is 3.33. The summed E-state index contributed by atoms with van der Waals surface area (Å²) in [5.74, 6) is 0.534. The zero-order chi connectivity index (χ0) is 14.8. The van der Waals surface area contributed by atoms with Crippen LogP contribution in [0.5, 0.6) is 0 Å². The van der Waals surface area contributed by atoms with Crippen LogP contribution in [0.3, 0.4) is 0 Å². The molecule has 1 amide bonds. The minimum absolute atomic E-state index is 0.134. The number of rotatable bonds is 1. The molecule has 20 heavy (non-hydrogen) atoms. The quantitative estimate of drug-likeness (QED) is 0.803. The molecule has 0 aromatic rings. The number of hydrogen-bond donors (Lipinski definition) is 1. The topological polar surface area (TPSA) is 49.8 Å². The molecule has 0 aromatic carbocycles. The van der Waals surface area contributed by atoms with Gasteiger partial charge >= 0.3 is 6.09 Å². The molecule has 4 heteroatoms. The van der Waals surface area contributed by atoms with Crippen LogP contribution in [0.25, 0.3) is 0 Å². The Kier molecular flexibility index (Phi) is 4.95. The van der Waals surface area contributed by atoms with Gasteiger partial charge in [-0.15, -0.1) is 0 Å². The fourth-order valence-corrected chi connectivity index (χ4v) is 3.48. The monoisotopic (exact) mass is 283 g/mol. The molecule has 0 unspecified atom stereocenters. The second-order valence-electron chi connectivity index (χ2n) is 7.31. The van der Waals surface area contributed by atoms with Gasteiger partial charge in [0, 0.05) is 12.6 Å². The van der Waals surface area contributed by atoms with Gasteiger partial charge in [-0.05, 0) is 71.6 Å². The molecule has 1 aliphatic heterocycles. The van der Waals surface area contributed by atoms with Crippen LogP contribution >= 0.6 is 0 Å². The number of likely N-dealkylation sites (tertiary alicyclic amines) is 1. The molecule has 2 rings (SSSR count). The molecule has 116 valence electrons. The van der Waals surface area contributed by atoms with E-state index >= 15 is 0 Å². The van der Waals surface area contributed by atoms with Crippen molar-refractivity contribution in [3.63, 3.8) is 0 Å². The molecule has 1 heterocycles. The maximum Gasteiger partial charge on any atom is 0.410 e. The molecule has 0 radical (unpaired) electrons. The number of aliphatic hydroxyl groups is 1. The van der Waals surface area contributed by atoms with Gasteiger partial charge in [-0.1, -0.05) is 0 Å². The van der Waals surface area contributed by atoms with Gasteiger partial charge in [0.15, 0.2) is 0 Å². The minimum atomic E-state index is -0.429. The predicted molar refractivity (Wildman–Crippen MR) is 78.5 cm³/mol. The van der Waals surface area contributed by atoms with Crippen LogP contribution in [0.1, 0.15) is 65.7 Å². The number of amides is 1. The fraction of sp³-hybridized carbons (Fsp3) is 0.938. The Morgan fingerprint density at radius 3 is 2.35 bits per heavy atom. The molecule has 0 spiro atoms. The summed E-state index contributed by atoms with van der Waals surface area (Å²) in [6.07, 6.45) is 6.88. The molecule has 1 N–H and O–H groups in total. The number of piperidine rings is 1. The van der Waals surface area contributed by atoms with E-state index < -0.39 is 5.60 Å². The number of carbonyl (C=O) groups excluding carboxylic acids is 1. The van der Waals surface area contributed by atoms with E-state index in [1.807, 2.05) is 25.7 Å². The molecular weight excluding hydrogens is 254 g/mol. The minimum Gasteiger partial charge on any atom is -0.444 e. The van der Waals surface area contributed by atoms with Crippen molar-refractivity contribution in [3.8, 4) is 0 Å². The highest BCUT2D eigenvalue weighted by Gasteiger charge is 2.36. The Labute approximate surface area is 122 Å². The molecule has 2 aliphatic rings. The average molecular weight is 283 g/mol. The summed E-state index contributed by atoms with van der Waals surface area (Å²) >= 11 is 0. The lowest BCUT2D eigenvalue weighted by molar-refractivity contribution is -0.00656. The van der Waals surface area contributed by atoms with Crippen LogP contribution in [0, 0.1) is 5.92 Å². The zero-order valence-corrected chi connectivity index (χ0v) is 13.1. The van der Waals surface area contributed by atoms with Crippen molar-refractivity contribution >= 4 is 6.09 Å². The number of nitrogens with zero attached hydrogens (tertiary/aromatic N) is 1. The number of carbonyl (C=O) groups is 1. The summed E-state index contributed by atoms with van der Waals surface area (Å²) in [5, 5.41) is 9.65. The summed E-state index contributed by atoms with van der Waals surface area (Å²) in [6, 6.07) is 0.311. The summed E-state index contributed by atoms with van der Waals surface area (Å²) in [7, 11) is 0. The van der Waals surface area contributed by atoms with Gasteiger partial charge in [0.2, 0.25) is 0 Å². The highest BCUT2D eigenvalue weighted by atomic mass is 16.6. The summed E-state index contributed by atoms with van der Waals surface area (Å²) < 4.78 is 5.56. The molecule has 1 aliphatic carbocycles. The van der Waals surface area contributed by atoms with Crippen molar-refractivity contribution < 1.29 is 14.6 Å². The first-order valence-corrected chi connectivity index (χ1v) is 8.04. The van der Waals surface area contributed by atoms with E-state index in [-0.39, 0.29) is 12.2 Å². The van der Waals surface area contributed by atoms with E-state index in [0.29, 0.717) is 12.0 Å². The molecule has 1 saturated heterocycles. The Bertz CT molecular complexity index is 329. The lowest BCUT2D eigenvalue weighted by Gasteiger charge is -2.42. The first-order chi connectivity index (χ1) is 9.37. The van der Waals surface area contributed by atoms with E-state index in [2.05, 4.69) is 0 Å². The Balaban J connectivity index is 1.99. The van der Waals surface area contributed by atoms with Crippen molar-refractivity contribution in [2.24, 2.45) is 5.92 Å². The van der Waals surface area contributed by atoms with E-state index in [0.717, 1.165) is 45.1 Å². The highest BCUT2D eigenvalue weighted by molar-refractivity contribution is 5.68. The highest BCUT2D eigenvalue weighted by Crippen LogP contribution is 2.34. The lowest BCUT2D eigenvalue weighted by atomic mass is 9.79. The van der Waals surface area contributed by atoms with E-state index in [9.17, 15) is 9.90 Å². The van der Waals surface area contributed by atoms with Crippen LogP contribution in [-0.2, 0) is 4.74 Å². The van der Waals surface area contributed by atoms with Gasteiger partial charge in [0.25, 0.3) is 0 Å². The molecule has 1 saturated carbocycles. The van der Waals surface area contributed by atoms with Gasteiger partial charge in [-0.2, -0.15) is 0 Å². The van der Waals surface area contributed by atoms with E-state index in [4.69, 9.17) is 4.74 Å². The third-order valence-corrected chi connectivity index (χ3v) is 4.46. The van der Waals surface area contributed by atoms with Crippen LogP contribution in [0.4, 0.5) is 4.79 Å². The zero-order valence-electron chi connectivity index (χ0n) is 13.1. The van der Waals surface area contributed by atoms with Gasteiger partial charge in [-0.3, -0.25) is 0 Å². The maximum atomic E-state index is 12.4. The van der Waals surface area contributed by atoms with E-state index in [1.54, 1.807) is 0 Å². The number of hydrogen-bond acceptors (Lipinski definition) is 3. The first-order valence-electron chi connectivity index (χ1n) is 8.04. The van der Waals surface area contributed by atoms with Crippen molar-refractivity contribution in [2.75, 3.05) is 6.54 Å². The summed E-state index contributed by atoms with van der Waals surface area (Å²) in [6.45, 7) is 6.57. The molecule has 4 nitrogen and oxygen atoms in total. The number of aliphatic hydroxyl groups excluding tert-OH is 1. The van der Waals surface area contributed by atoms with E-state index in [1.165, 1.54) is 6.42 Å². The second kappa shape index (κ2) is 6.33. The van der Waals surface area contributed by atoms with Crippen molar-refractivity contribution in [1.82, 2.24) is 4.90 Å². The van der Waals surface area contributed by atoms with Crippen LogP contribution in [0.15, 0.2) is 0 Å². The average Bonchev–Trinajstić information content (AvgIpc) is 2.38. The van der Waals surface area contributed by atoms with Crippen LogP contribution < -0.4 is 0 Å². The summed E-state index contributed by atoms with van der Waals surface area (Å²) in [4.78, 5) is 14.3. The second-order valence-corrected chi connectivity index (χ2v) is 7.31. The van der Waals surface area contributed by atoms with Crippen LogP contribution in [-0.4, -0.2) is 40.4 Å². The van der Waals surface area contributed by atoms with Crippen molar-refractivity contribution in [2.45, 2.75) is 83.5 Å². The van der Waals surface area contributed by atoms with Crippen molar-refractivity contribution in [1.29, 1.82) is 0 Å². The van der Waals surface area contributed by atoms with Gasteiger partial charge in [-0.25, -0.2) is 4.79 Å². The largest absolute Gasteiger partial charge is 0.444 e. The Morgan fingerprint density at radius 2 is 1.75 bits per heavy atom. The van der Waals surface area contributed by atoms with Gasteiger partial charge < -0.3 is 14.7 Å². The summed E-state index contributed by atoms with van der Waals surface area (Å²) in [5.41, 5.74) is -0.429. The SMILES string of the molecule is CC(C)(C)OC(=O)N1CCCC[C@H]1C1CCC(O)CC1. The molecule has 1 atom stereocenters. The molecule has 0 aromatic heterocycles. The normalized spacial score (nSPS) is 32.0.